The van der Waals surface area contributed by atoms with Gasteiger partial charge in [0.15, 0.2) is 0 Å². The number of pyridine rings is 1. The summed E-state index contributed by atoms with van der Waals surface area (Å²) in [5, 5.41) is 11.5. The molecule has 0 spiro atoms. The summed E-state index contributed by atoms with van der Waals surface area (Å²) in [6.45, 7) is 0. The van der Waals surface area contributed by atoms with Crippen LogP contribution >= 0.6 is 27.7 Å². The number of amides is 1. The third-order valence-electron chi connectivity index (χ3n) is 2.19. The SMILES string of the molecule is CSCC[C@H](NC(=O)c1ncccc1Br)C(=O)O. The zero-order chi connectivity index (χ0) is 13.5. The Labute approximate surface area is 117 Å². The fourth-order valence-corrected chi connectivity index (χ4v) is 2.18. The molecule has 1 amide bonds. The number of rotatable bonds is 6. The zero-order valence-corrected chi connectivity index (χ0v) is 12.1. The van der Waals surface area contributed by atoms with E-state index in [0.29, 0.717) is 16.6 Å². The van der Waals surface area contributed by atoms with Crippen molar-refractivity contribution in [3.8, 4) is 0 Å². The highest BCUT2D eigenvalue weighted by Crippen LogP contribution is 2.13. The fourth-order valence-electron chi connectivity index (χ4n) is 1.27. The maximum Gasteiger partial charge on any atom is 0.326 e. The average Bonchev–Trinajstić information content (AvgIpc) is 2.34. The Kier molecular flexibility index (Phi) is 6.14. The molecule has 0 saturated heterocycles. The maximum absolute atomic E-state index is 11.9. The van der Waals surface area contributed by atoms with Gasteiger partial charge in [-0.2, -0.15) is 11.8 Å². The van der Waals surface area contributed by atoms with Crippen LogP contribution in [0.1, 0.15) is 16.9 Å². The number of thioether (sulfide) groups is 1. The van der Waals surface area contributed by atoms with E-state index in [1.54, 1.807) is 12.1 Å². The first-order valence-electron chi connectivity index (χ1n) is 5.19. The molecule has 0 saturated carbocycles. The van der Waals surface area contributed by atoms with Crippen LogP contribution in [0.3, 0.4) is 0 Å². The van der Waals surface area contributed by atoms with Crippen molar-refractivity contribution in [1.29, 1.82) is 0 Å². The van der Waals surface area contributed by atoms with Crippen molar-refractivity contribution in [2.45, 2.75) is 12.5 Å². The molecule has 0 unspecified atom stereocenters. The van der Waals surface area contributed by atoms with Crippen LogP contribution in [0.25, 0.3) is 0 Å². The number of hydrogen-bond donors (Lipinski definition) is 2. The third-order valence-corrected chi connectivity index (χ3v) is 3.47. The summed E-state index contributed by atoms with van der Waals surface area (Å²) >= 11 is 4.74. The van der Waals surface area contributed by atoms with Crippen LogP contribution in [0.15, 0.2) is 22.8 Å². The highest BCUT2D eigenvalue weighted by atomic mass is 79.9. The highest BCUT2D eigenvalue weighted by molar-refractivity contribution is 9.10. The zero-order valence-electron chi connectivity index (χ0n) is 9.72. The molecule has 0 aliphatic heterocycles. The lowest BCUT2D eigenvalue weighted by atomic mass is 10.2. The first kappa shape index (κ1) is 15.0. The number of aliphatic carboxylic acids is 1. The number of carbonyl (C=O) groups is 2. The van der Waals surface area contributed by atoms with Crippen LogP contribution in [0.4, 0.5) is 0 Å². The Morgan fingerprint density at radius 2 is 2.33 bits per heavy atom. The fraction of sp³-hybridized carbons (Fsp3) is 0.364. The van der Waals surface area contributed by atoms with Crippen LogP contribution in [-0.4, -0.2) is 40.0 Å². The monoisotopic (exact) mass is 332 g/mol. The molecule has 2 N–H and O–H groups in total. The first-order chi connectivity index (χ1) is 8.56. The lowest BCUT2D eigenvalue weighted by Crippen LogP contribution is -2.41. The number of carboxylic acids is 1. The van der Waals surface area contributed by atoms with E-state index in [-0.39, 0.29) is 5.69 Å². The molecule has 1 aromatic rings. The normalized spacial score (nSPS) is 11.9. The number of carboxylic acid groups (broad SMARTS) is 1. The number of hydrogen-bond acceptors (Lipinski definition) is 4. The molecule has 1 aromatic heterocycles. The second kappa shape index (κ2) is 7.38. The predicted molar refractivity (Wildman–Crippen MR) is 73.8 cm³/mol. The summed E-state index contributed by atoms with van der Waals surface area (Å²) in [4.78, 5) is 26.8. The molecule has 18 heavy (non-hydrogen) atoms. The second-order valence-electron chi connectivity index (χ2n) is 3.48. The van der Waals surface area contributed by atoms with Crippen LogP contribution in [0, 0.1) is 0 Å². The Morgan fingerprint density at radius 1 is 1.61 bits per heavy atom. The molecule has 1 heterocycles. The van der Waals surface area contributed by atoms with Gasteiger partial charge in [-0.1, -0.05) is 0 Å². The van der Waals surface area contributed by atoms with Crippen LogP contribution in [0.5, 0.6) is 0 Å². The van der Waals surface area contributed by atoms with Gasteiger partial charge in [0.2, 0.25) is 0 Å². The van der Waals surface area contributed by atoms with E-state index in [9.17, 15) is 9.59 Å². The summed E-state index contributed by atoms with van der Waals surface area (Å²) in [6, 6.07) is 2.47. The van der Waals surface area contributed by atoms with Crippen molar-refractivity contribution in [1.82, 2.24) is 10.3 Å². The molecule has 0 aliphatic carbocycles. The minimum Gasteiger partial charge on any atom is -0.480 e. The average molecular weight is 333 g/mol. The summed E-state index contributed by atoms with van der Waals surface area (Å²) in [5.74, 6) is -0.860. The molecule has 7 heteroatoms. The van der Waals surface area contributed by atoms with Gasteiger partial charge in [-0.15, -0.1) is 0 Å². The molecule has 0 fully saturated rings. The number of halogens is 1. The molecule has 1 rings (SSSR count). The van der Waals surface area contributed by atoms with E-state index in [1.807, 2.05) is 6.26 Å². The molecule has 98 valence electrons. The number of carbonyl (C=O) groups excluding carboxylic acids is 1. The van der Waals surface area contributed by atoms with Gasteiger partial charge in [-0.05, 0) is 46.5 Å². The van der Waals surface area contributed by atoms with Gasteiger partial charge in [0.1, 0.15) is 11.7 Å². The molecular weight excluding hydrogens is 320 g/mol. The lowest BCUT2D eigenvalue weighted by Gasteiger charge is -2.13. The molecule has 0 radical (unpaired) electrons. The molecule has 1 atom stereocenters. The van der Waals surface area contributed by atoms with Gasteiger partial charge < -0.3 is 10.4 Å². The summed E-state index contributed by atoms with van der Waals surface area (Å²) in [6.07, 6.45) is 3.75. The van der Waals surface area contributed by atoms with Crippen molar-refractivity contribution in [2.24, 2.45) is 0 Å². The minimum absolute atomic E-state index is 0.188. The van der Waals surface area contributed by atoms with E-state index in [0.717, 1.165) is 0 Å². The Hall–Kier alpha value is -1.08. The summed E-state index contributed by atoms with van der Waals surface area (Å²) in [5.41, 5.74) is 0.188. The number of nitrogens with one attached hydrogen (secondary N) is 1. The van der Waals surface area contributed by atoms with Crippen molar-refractivity contribution >= 4 is 39.6 Å². The molecule has 5 nitrogen and oxygen atoms in total. The number of aromatic nitrogens is 1. The molecular formula is C11H13BrN2O3S. The van der Waals surface area contributed by atoms with E-state index in [4.69, 9.17) is 5.11 Å². The Balaban J connectivity index is 2.72. The van der Waals surface area contributed by atoms with Gasteiger partial charge in [-0.3, -0.25) is 4.79 Å². The van der Waals surface area contributed by atoms with Gasteiger partial charge in [0.05, 0.1) is 0 Å². The lowest BCUT2D eigenvalue weighted by molar-refractivity contribution is -0.139. The van der Waals surface area contributed by atoms with Crippen LogP contribution in [0.2, 0.25) is 0 Å². The smallest absolute Gasteiger partial charge is 0.326 e. The highest BCUT2D eigenvalue weighted by Gasteiger charge is 2.21. The maximum atomic E-state index is 11.9. The predicted octanol–water partition coefficient (Wildman–Crippen LogP) is 1.78. The van der Waals surface area contributed by atoms with E-state index in [1.165, 1.54) is 18.0 Å². The van der Waals surface area contributed by atoms with Gasteiger partial charge in [0, 0.05) is 10.7 Å². The third kappa shape index (κ3) is 4.30. The molecule has 0 aliphatic rings. The van der Waals surface area contributed by atoms with Crippen LogP contribution < -0.4 is 5.32 Å². The minimum atomic E-state index is -1.04. The van der Waals surface area contributed by atoms with Crippen molar-refractivity contribution in [3.63, 3.8) is 0 Å². The second-order valence-corrected chi connectivity index (χ2v) is 5.32. The van der Waals surface area contributed by atoms with E-state index in [2.05, 4.69) is 26.2 Å². The van der Waals surface area contributed by atoms with Crippen LogP contribution in [-0.2, 0) is 4.79 Å². The van der Waals surface area contributed by atoms with Crippen molar-refractivity contribution in [2.75, 3.05) is 12.0 Å². The quantitative estimate of drug-likeness (QED) is 0.830. The Morgan fingerprint density at radius 3 is 2.89 bits per heavy atom. The van der Waals surface area contributed by atoms with Gasteiger partial charge >= 0.3 is 5.97 Å². The van der Waals surface area contributed by atoms with E-state index >= 15 is 0 Å². The Bertz CT molecular complexity index is 442. The summed E-state index contributed by atoms with van der Waals surface area (Å²) < 4.78 is 0.538. The first-order valence-corrected chi connectivity index (χ1v) is 7.38. The van der Waals surface area contributed by atoms with E-state index < -0.39 is 17.9 Å². The molecule has 0 bridgehead atoms. The van der Waals surface area contributed by atoms with Crippen molar-refractivity contribution in [3.05, 3.63) is 28.5 Å². The molecule has 0 aromatic carbocycles. The van der Waals surface area contributed by atoms with Gasteiger partial charge in [-0.25, -0.2) is 9.78 Å². The topological polar surface area (TPSA) is 79.3 Å². The standard InChI is InChI=1S/C11H13BrN2O3S/c1-18-6-4-8(11(16)17)14-10(15)9-7(12)3-2-5-13-9/h2-3,5,8H,4,6H2,1H3,(H,14,15)(H,16,17)/t8-/m0/s1. The van der Waals surface area contributed by atoms with Gasteiger partial charge in [0.25, 0.3) is 5.91 Å². The van der Waals surface area contributed by atoms with Crippen molar-refractivity contribution < 1.29 is 14.7 Å². The largest absolute Gasteiger partial charge is 0.480 e. The summed E-state index contributed by atoms with van der Waals surface area (Å²) in [7, 11) is 0. The number of nitrogens with zero attached hydrogens (tertiary/aromatic N) is 1.